The zero-order valence-corrected chi connectivity index (χ0v) is 13.0. The molecular formula is C14H24N2O3S. The fourth-order valence-corrected chi connectivity index (χ4v) is 3.53. The predicted molar refractivity (Wildman–Crippen MR) is 81.1 cm³/mol. The average molecular weight is 300 g/mol. The molecule has 1 rings (SSSR count). The van der Waals surface area contributed by atoms with Gasteiger partial charge in [0.15, 0.2) is 0 Å². The van der Waals surface area contributed by atoms with Crippen molar-refractivity contribution in [3.8, 4) is 0 Å². The van der Waals surface area contributed by atoms with Crippen molar-refractivity contribution in [1.82, 2.24) is 4.72 Å². The van der Waals surface area contributed by atoms with Gasteiger partial charge in [0.1, 0.15) is 4.90 Å². The first-order valence-electron chi connectivity index (χ1n) is 6.86. The molecule has 0 bridgehead atoms. The van der Waals surface area contributed by atoms with Crippen LogP contribution in [-0.4, -0.2) is 26.7 Å². The van der Waals surface area contributed by atoms with Gasteiger partial charge in [-0.25, -0.2) is 13.1 Å². The molecule has 4 N–H and O–H groups in total. The zero-order valence-electron chi connectivity index (χ0n) is 12.1. The van der Waals surface area contributed by atoms with E-state index in [2.05, 4.69) is 4.72 Å². The predicted octanol–water partition coefficient (Wildman–Crippen LogP) is 1.72. The molecule has 0 radical (unpaired) electrons. The number of aryl methyl sites for hydroxylation is 2. The van der Waals surface area contributed by atoms with E-state index in [-0.39, 0.29) is 11.5 Å². The van der Waals surface area contributed by atoms with Gasteiger partial charge in [0.25, 0.3) is 0 Å². The highest BCUT2D eigenvalue weighted by atomic mass is 32.2. The van der Waals surface area contributed by atoms with E-state index < -0.39 is 10.0 Å². The number of nitrogen functional groups attached to an aromatic ring is 1. The molecule has 0 aliphatic heterocycles. The summed E-state index contributed by atoms with van der Waals surface area (Å²) in [6.45, 7) is 4.11. The molecule has 20 heavy (non-hydrogen) atoms. The van der Waals surface area contributed by atoms with Crippen molar-refractivity contribution < 1.29 is 13.5 Å². The van der Waals surface area contributed by atoms with Crippen LogP contribution >= 0.6 is 0 Å². The van der Waals surface area contributed by atoms with E-state index in [9.17, 15) is 8.42 Å². The van der Waals surface area contributed by atoms with Gasteiger partial charge in [0.2, 0.25) is 10.0 Å². The third kappa shape index (κ3) is 4.47. The highest BCUT2D eigenvalue weighted by Crippen LogP contribution is 2.25. The summed E-state index contributed by atoms with van der Waals surface area (Å²) in [6.07, 6.45) is 3.32. The third-order valence-electron chi connectivity index (χ3n) is 3.26. The summed E-state index contributed by atoms with van der Waals surface area (Å²) >= 11 is 0. The van der Waals surface area contributed by atoms with Crippen LogP contribution in [0, 0.1) is 13.8 Å². The lowest BCUT2D eigenvalue weighted by atomic mass is 10.1. The number of sulfonamides is 1. The van der Waals surface area contributed by atoms with Crippen LogP contribution in [0.1, 0.15) is 36.8 Å². The van der Waals surface area contributed by atoms with Crippen LogP contribution in [0.3, 0.4) is 0 Å². The second-order valence-electron chi connectivity index (χ2n) is 4.98. The van der Waals surface area contributed by atoms with Gasteiger partial charge in [0, 0.05) is 13.2 Å². The number of nitrogens with two attached hydrogens (primary N) is 1. The fraction of sp³-hybridized carbons (Fsp3) is 0.571. The summed E-state index contributed by atoms with van der Waals surface area (Å²) in [7, 11) is -3.56. The Labute approximate surface area is 121 Å². The summed E-state index contributed by atoms with van der Waals surface area (Å²) in [4.78, 5) is 0.188. The first-order chi connectivity index (χ1) is 9.40. The quantitative estimate of drug-likeness (QED) is 0.503. The maximum atomic E-state index is 12.3. The van der Waals surface area contributed by atoms with Crippen LogP contribution in [0.4, 0.5) is 5.69 Å². The molecule has 6 heteroatoms. The summed E-state index contributed by atoms with van der Waals surface area (Å²) in [5.41, 5.74) is 7.63. The second-order valence-corrected chi connectivity index (χ2v) is 6.68. The number of aliphatic hydroxyl groups is 1. The maximum Gasteiger partial charge on any atom is 0.242 e. The molecule has 0 saturated heterocycles. The Hall–Kier alpha value is -1.11. The Balaban J connectivity index is 2.68. The van der Waals surface area contributed by atoms with E-state index in [0.29, 0.717) is 17.8 Å². The van der Waals surface area contributed by atoms with Gasteiger partial charge in [-0.15, -0.1) is 0 Å². The van der Waals surface area contributed by atoms with E-state index in [1.165, 1.54) is 0 Å². The molecule has 0 saturated carbocycles. The number of hydrogen-bond donors (Lipinski definition) is 3. The van der Waals surface area contributed by atoms with Gasteiger partial charge < -0.3 is 10.8 Å². The molecule has 0 aromatic heterocycles. The lowest BCUT2D eigenvalue weighted by molar-refractivity contribution is 0.282. The number of rotatable bonds is 8. The van der Waals surface area contributed by atoms with E-state index >= 15 is 0 Å². The van der Waals surface area contributed by atoms with Crippen LogP contribution in [-0.2, 0) is 10.0 Å². The molecule has 0 atom stereocenters. The number of anilines is 1. The first-order valence-corrected chi connectivity index (χ1v) is 8.34. The molecule has 1 aromatic carbocycles. The monoisotopic (exact) mass is 300 g/mol. The van der Waals surface area contributed by atoms with Crippen LogP contribution in [0.15, 0.2) is 17.0 Å². The van der Waals surface area contributed by atoms with Crippen molar-refractivity contribution in [1.29, 1.82) is 0 Å². The Morgan fingerprint density at radius 3 is 2.35 bits per heavy atom. The molecule has 0 fully saturated rings. The number of unbranched alkanes of at least 4 members (excludes halogenated alkanes) is 3. The van der Waals surface area contributed by atoms with Gasteiger partial charge in [-0.3, -0.25) is 0 Å². The Bertz CT molecular complexity index is 542. The van der Waals surface area contributed by atoms with Crippen LogP contribution in [0.25, 0.3) is 0 Å². The Kier molecular flexibility index (Phi) is 6.45. The van der Waals surface area contributed by atoms with Crippen molar-refractivity contribution in [2.24, 2.45) is 0 Å². The smallest absolute Gasteiger partial charge is 0.242 e. The van der Waals surface area contributed by atoms with E-state index in [4.69, 9.17) is 10.8 Å². The zero-order chi connectivity index (χ0) is 15.2. The molecule has 0 spiro atoms. The minimum Gasteiger partial charge on any atom is -0.397 e. The molecule has 0 heterocycles. The average Bonchev–Trinajstić information content (AvgIpc) is 2.38. The topological polar surface area (TPSA) is 92.4 Å². The molecule has 0 aliphatic carbocycles. The van der Waals surface area contributed by atoms with Crippen LogP contribution in [0.5, 0.6) is 0 Å². The molecule has 114 valence electrons. The summed E-state index contributed by atoms with van der Waals surface area (Å²) < 4.78 is 27.2. The van der Waals surface area contributed by atoms with Crippen LogP contribution < -0.4 is 10.5 Å². The maximum absolute atomic E-state index is 12.3. The van der Waals surface area contributed by atoms with Gasteiger partial charge in [-0.1, -0.05) is 25.0 Å². The van der Waals surface area contributed by atoms with Gasteiger partial charge in [-0.2, -0.15) is 0 Å². The molecule has 0 unspecified atom stereocenters. The largest absolute Gasteiger partial charge is 0.397 e. The summed E-state index contributed by atoms with van der Waals surface area (Å²) in [5, 5.41) is 8.66. The second kappa shape index (κ2) is 7.61. The van der Waals surface area contributed by atoms with Crippen molar-refractivity contribution in [3.63, 3.8) is 0 Å². The van der Waals surface area contributed by atoms with Crippen molar-refractivity contribution in [2.45, 2.75) is 44.4 Å². The fourth-order valence-electron chi connectivity index (χ4n) is 2.03. The highest BCUT2D eigenvalue weighted by molar-refractivity contribution is 7.89. The van der Waals surface area contributed by atoms with E-state index in [0.717, 1.165) is 31.2 Å². The molecular weight excluding hydrogens is 276 g/mol. The number of aliphatic hydroxyl groups excluding tert-OH is 1. The normalized spacial score (nSPS) is 11.8. The first kappa shape index (κ1) is 16.9. The van der Waals surface area contributed by atoms with Crippen molar-refractivity contribution in [2.75, 3.05) is 18.9 Å². The molecule has 0 amide bonds. The van der Waals surface area contributed by atoms with E-state index in [1.807, 2.05) is 6.07 Å². The Morgan fingerprint density at radius 1 is 1.10 bits per heavy atom. The number of hydrogen-bond acceptors (Lipinski definition) is 4. The van der Waals surface area contributed by atoms with Gasteiger partial charge in [-0.05, 0) is 37.8 Å². The molecule has 1 aromatic rings. The van der Waals surface area contributed by atoms with E-state index in [1.54, 1.807) is 19.9 Å². The van der Waals surface area contributed by atoms with Gasteiger partial charge >= 0.3 is 0 Å². The SMILES string of the molecule is Cc1ccc(C)c(S(=O)(=O)NCCCCCCO)c1N. The van der Waals surface area contributed by atoms with Gasteiger partial charge in [0.05, 0.1) is 5.69 Å². The molecule has 0 aliphatic rings. The summed E-state index contributed by atoms with van der Waals surface area (Å²) in [5.74, 6) is 0. The van der Waals surface area contributed by atoms with Crippen molar-refractivity contribution in [3.05, 3.63) is 23.3 Å². The third-order valence-corrected chi connectivity index (χ3v) is 4.92. The minimum absolute atomic E-state index is 0.185. The highest BCUT2D eigenvalue weighted by Gasteiger charge is 2.20. The lowest BCUT2D eigenvalue weighted by Crippen LogP contribution is -2.26. The van der Waals surface area contributed by atoms with Crippen LogP contribution in [0.2, 0.25) is 0 Å². The Morgan fingerprint density at radius 2 is 1.70 bits per heavy atom. The summed E-state index contributed by atoms with van der Waals surface area (Å²) in [6, 6.07) is 3.58. The minimum atomic E-state index is -3.56. The van der Waals surface area contributed by atoms with Crippen molar-refractivity contribution >= 4 is 15.7 Å². The molecule has 5 nitrogen and oxygen atoms in total. The number of benzene rings is 1. The standard InChI is InChI=1S/C14H24N2O3S/c1-11-7-8-12(2)14(13(11)15)20(18,19)16-9-5-3-4-6-10-17/h7-8,16-17H,3-6,9-10,15H2,1-2H3. The number of nitrogens with one attached hydrogen (secondary N) is 1. The lowest BCUT2D eigenvalue weighted by Gasteiger charge is -2.13.